The van der Waals surface area contributed by atoms with Crippen LogP contribution in [0.4, 0.5) is 99.2 Å². The lowest BCUT2D eigenvalue weighted by Crippen LogP contribution is -2.76. The highest BCUT2D eigenvalue weighted by Gasteiger charge is 2.96. The number of benzene rings is 1. The Labute approximate surface area is 257 Å². The van der Waals surface area contributed by atoms with Crippen molar-refractivity contribution in [2.24, 2.45) is 0 Å². The lowest BCUT2D eigenvalue weighted by atomic mass is 9.79. The second-order valence-electron chi connectivity index (χ2n) is 10.5. The molecular formula is C23H15F20N2O4. The van der Waals surface area contributed by atoms with Gasteiger partial charge in [0.05, 0.1) is 22.3 Å². The van der Waals surface area contributed by atoms with Crippen LogP contribution in [-0.2, 0) is 0 Å². The van der Waals surface area contributed by atoms with Crippen LogP contribution in [0, 0.1) is 26.6 Å². The van der Waals surface area contributed by atoms with Gasteiger partial charge in [0.15, 0.2) is 0 Å². The van der Waals surface area contributed by atoms with Crippen LogP contribution < -0.4 is 0 Å². The molecule has 0 unspecified atom stereocenters. The fraction of sp³-hybridized carbons (Fsp3) is 0.696. The van der Waals surface area contributed by atoms with Crippen molar-refractivity contribution in [3.05, 3.63) is 49.9 Å². The molecule has 0 spiro atoms. The monoisotopic (exact) mass is 763 g/mol. The minimum absolute atomic E-state index is 0.119. The van der Waals surface area contributed by atoms with Crippen molar-refractivity contribution in [1.29, 1.82) is 0 Å². The number of hydrogen-bond acceptors (Lipinski definition) is 4. The Morgan fingerprint density at radius 2 is 0.980 bits per heavy atom. The van der Waals surface area contributed by atoms with E-state index in [2.05, 4.69) is 0 Å². The molecule has 1 aliphatic carbocycles. The van der Waals surface area contributed by atoms with Crippen LogP contribution in [0.15, 0.2) is 12.1 Å². The van der Waals surface area contributed by atoms with E-state index in [4.69, 9.17) is 0 Å². The number of rotatable bonds is 14. The summed E-state index contributed by atoms with van der Waals surface area (Å²) in [5.41, 5.74) is -6.32. The molecule has 1 radical (unpaired) electrons. The van der Waals surface area contributed by atoms with Crippen molar-refractivity contribution in [3.63, 3.8) is 0 Å². The van der Waals surface area contributed by atoms with Gasteiger partial charge in [-0.05, 0) is 24.3 Å². The third kappa shape index (κ3) is 6.06. The van der Waals surface area contributed by atoms with Gasteiger partial charge >= 0.3 is 59.7 Å². The molecule has 0 saturated heterocycles. The maximum Gasteiger partial charge on any atom is 0.385 e. The van der Waals surface area contributed by atoms with E-state index in [9.17, 15) is 108 Å². The fourth-order valence-electron chi connectivity index (χ4n) is 4.62. The lowest BCUT2D eigenvalue weighted by molar-refractivity contribution is -0.464. The van der Waals surface area contributed by atoms with Gasteiger partial charge in [0.25, 0.3) is 11.4 Å². The Morgan fingerprint density at radius 3 is 1.35 bits per heavy atom. The van der Waals surface area contributed by atoms with E-state index in [1.165, 1.54) is 0 Å². The summed E-state index contributed by atoms with van der Waals surface area (Å²) >= 11 is 0. The van der Waals surface area contributed by atoms with Gasteiger partial charge in [0, 0.05) is 11.6 Å². The van der Waals surface area contributed by atoms with Crippen molar-refractivity contribution >= 4 is 11.4 Å². The Bertz CT molecular complexity index is 1430. The largest absolute Gasteiger partial charge is 0.385 e. The highest BCUT2D eigenvalue weighted by atomic mass is 19.4. The van der Waals surface area contributed by atoms with E-state index in [0.29, 0.717) is 6.42 Å². The maximum absolute atomic E-state index is 14.9. The van der Waals surface area contributed by atoms with Crippen LogP contribution in [-0.4, -0.2) is 69.6 Å². The van der Waals surface area contributed by atoms with Gasteiger partial charge in [-0.2, -0.15) is 79.0 Å². The molecule has 0 atom stereocenters. The average Bonchev–Trinajstić information content (AvgIpc) is 2.96. The van der Waals surface area contributed by atoms with Gasteiger partial charge in [-0.25, -0.2) is 8.78 Å². The van der Waals surface area contributed by atoms with Crippen LogP contribution in [0.3, 0.4) is 0 Å². The quantitative estimate of drug-likeness (QED) is 0.107. The first kappa shape index (κ1) is 41.8. The fourth-order valence-corrected chi connectivity index (χ4v) is 4.62. The van der Waals surface area contributed by atoms with Crippen molar-refractivity contribution in [1.82, 2.24) is 0 Å². The number of alkyl halides is 20. The molecule has 1 aliphatic rings. The number of nitro groups is 2. The molecule has 49 heavy (non-hydrogen) atoms. The van der Waals surface area contributed by atoms with E-state index in [1.807, 2.05) is 0 Å². The van der Waals surface area contributed by atoms with E-state index in [1.54, 1.807) is 0 Å². The summed E-state index contributed by atoms with van der Waals surface area (Å²) in [7, 11) is 0. The topological polar surface area (TPSA) is 86.3 Å². The van der Waals surface area contributed by atoms with Crippen LogP contribution in [0.1, 0.15) is 49.1 Å². The summed E-state index contributed by atoms with van der Waals surface area (Å²) < 4.78 is 276. The first-order valence-corrected chi connectivity index (χ1v) is 12.6. The molecule has 0 bridgehead atoms. The molecule has 2 rings (SSSR count). The summed E-state index contributed by atoms with van der Waals surface area (Å²) in [6, 6.07) is -0.00675. The van der Waals surface area contributed by atoms with Gasteiger partial charge in [0.1, 0.15) is 0 Å². The predicted molar refractivity (Wildman–Crippen MR) is 120 cm³/mol. The Hall–Kier alpha value is -3.38. The number of nitrogens with zero attached hydrogens (tertiary/aromatic N) is 2. The predicted octanol–water partition coefficient (Wildman–Crippen LogP) is 10.1. The van der Waals surface area contributed by atoms with Crippen molar-refractivity contribution in [2.45, 2.75) is 97.8 Å². The first-order chi connectivity index (χ1) is 21.6. The van der Waals surface area contributed by atoms with Gasteiger partial charge in [-0.1, -0.05) is 19.3 Å². The van der Waals surface area contributed by atoms with E-state index in [-0.39, 0.29) is 37.8 Å². The third-order valence-electron chi connectivity index (χ3n) is 7.43. The van der Waals surface area contributed by atoms with Gasteiger partial charge in [-0.15, -0.1) is 0 Å². The van der Waals surface area contributed by atoms with Crippen molar-refractivity contribution in [2.75, 3.05) is 0 Å². The highest BCUT2D eigenvalue weighted by molar-refractivity contribution is 5.59. The van der Waals surface area contributed by atoms with E-state index < -0.39 is 104 Å². The summed E-state index contributed by atoms with van der Waals surface area (Å²) in [4.78, 5) is 19.5. The third-order valence-corrected chi connectivity index (χ3v) is 7.43. The molecule has 0 N–H and O–H groups in total. The number of hydrogen-bond donors (Lipinski definition) is 0. The normalized spacial score (nSPS) is 17.1. The van der Waals surface area contributed by atoms with Crippen LogP contribution >= 0.6 is 0 Å². The van der Waals surface area contributed by atoms with E-state index >= 15 is 0 Å². The highest BCUT2D eigenvalue weighted by Crippen LogP contribution is 2.66. The van der Waals surface area contributed by atoms with Crippen LogP contribution in [0.5, 0.6) is 0 Å². The van der Waals surface area contributed by atoms with Crippen LogP contribution in [0.2, 0.25) is 0 Å². The minimum Gasteiger partial charge on any atom is -0.258 e. The Morgan fingerprint density at radius 1 is 0.592 bits per heavy atom. The summed E-state index contributed by atoms with van der Waals surface area (Å²) in [6.45, 7) is 0. The van der Waals surface area contributed by atoms with E-state index in [0.717, 1.165) is 0 Å². The zero-order valence-electron chi connectivity index (χ0n) is 23.0. The summed E-state index contributed by atoms with van der Waals surface area (Å²) in [5, 5.41) is 22.7. The minimum atomic E-state index is -9.21. The van der Waals surface area contributed by atoms with Crippen molar-refractivity contribution < 1.29 is 97.7 Å². The molecule has 0 aromatic heterocycles. The smallest absolute Gasteiger partial charge is 0.258 e. The summed E-state index contributed by atoms with van der Waals surface area (Å²) in [5.74, 6) is -78.5. The Balaban J connectivity index is 2.78. The molecule has 281 valence electrons. The zero-order chi connectivity index (χ0) is 38.8. The van der Waals surface area contributed by atoms with Gasteiger partial charge in [-0.3, -0.25) is 20.2 Å². The summed E-state index contributed by atoms with van der Waals surface area (Å²) in [6.07, 6.45) is -7.70. The molecule has 6 nitrogen and oxygen atoms in total. The number of non-ortho nitro benzene ring substituents is 1. The average molecular weight is 763 g/mol. The molecule has 0 heterocycles. The van der Waals surface area contributed by atoms with Crippen molar-refractivity contribution in [3.8, 4) is 0 Å². The second-order valence-corrected chi connectivity index (χ2v) is 10.5. The molecule has 0 aliphatic heterocycles. The number of halogens is 20. The molecule has 1 aromatic carbocycles. The molecule has 0 amide bonds. The first-order valence-electron chi connectivity index (χ1n) is 12.6. The zero-order valence-corrected chi connectivity index (χ0v) is 23.0. The number of nitro benzene ring substituents is 2. The second kappa shape index (κ2) is 12.4. The standard InChI is InChI=1S/C23H15F20N2O4/c24-14(25)16(28,29)18(32,33)20(36,37)22(40,41)23(42,43)21(38,39)19(34,35)17(30,31)15(26,27)8-12-11(9-4-2-1-3-5-9)6-10(44(46)47)7-13(12)45(48)49/h6-9,14H,1-5H2. The molecule has 1 aromatic rings. The molecule has 1 saturated carbocycles. The molecule has 26 heteroatoms. The maximum atomic E-state index is 14.9. The SMILES string of the molecule is O=[N+]([O-])c1cc(C2CCCCC2)c([CH]C(F)(F)C(F)(F)C(F)(F)C(F)(F)C(F)(F)C(F)(F)C(F)(F)C(F)(F)C(F)(F)C(F)F)c([N+](=O)[O-])c1. The van der Waals surface area contributed by atoms with Gasteiger partial charge in [0.2, 0.25) is 0 Å². The van der Waals surface area contributed by atoms with Gasteiger partial charge < -0.3 is 0 Å². The molecular weight excluding hydrogens is 748 g/mol. The Kier molecular flexibility index (Phi) is 10.6. The molecule has 1 fully saturated rings. The lowest BCUT2D eigenvalue weighted by Gasteiger charge is -2.44. The van der Waals surface area contributed by atoms with Crippen LogP contribution in [0.25, 0.3) is 0 Å².